The monoisotopic (exact) mass is 469 g/mol. The number of nitrogens with zero attached hydrogens (tertiary/aromatic N) is 1. The largest absolute Gasteiger partial charge is 0.387 e. The predicted molar refractivity (Wildman–Crippen MR) is 138 cm³/mol. The Morgan fingerprint density at radius 2 is 1.86 bits per heavy atom. The van der Waals surface area contributed by atoms with Gasteiger partial charge in [0.25, 0.3) is 5.91 Å². The number of carbonyl (C=O) groups is 1. The molecule has 0 spiro atoms. The van der Waals surface area contributed by atoms with Crippen molar-refractivity contribution in [2.45, 2.75) is 76.1 Å². The molecule has 182 valence electrons. The Kier molecular flexibility index (Phi) is 5.20. The predicted octanol–water partition coefficient (Wildman–Crippen LogP) is 4.06. The van der Waals surface area contributed by atoms with Crippen molar-refractivity contribution in [3.05, 3.63) is 93.8 Å². The van der Waals surface area contributed by atoms with Crippen LogP contribution in [0.15, 0.2) is 54.6 Å². The van der Waals surface area contributed by atoms with E-state index >= 15 is 0 Å². The van der Waals surface area contributed by atoms with Gasteiger partial charge < -0.3 is 20.3 Å². The second-order valence-corrected chi connectivity index (χ2v) is 11.1. The van der Waals surface area contributed by atoms with Gasteiger partial charge in [-0.2, -0.15) is 0 Å². The minimum Gasteiger partial charge on any atom is -0.387 e. The molecule has 0 unspecified atom stereocenters. The second-order valence-electron chi connectivity index (χ2n) is 11.1. The van der Waals surface area contributed by atoms with Crippen LogP contribution in [0.2, 0.25) is 0 Å². The van der Waals surface area contributed by atoms with Crippen LogP contribution in [-0.2, 0) is 31.2 Å². The molecule has 2 bridgehead atoms. The second kappa shape index (κ2) is 8.07. The lowest BCUT2D eigenvalue weighted by Crippen LogP contribution is -2.73. The topological polar surface area (TPSA) is 68.4 Å². The van der Waals surface area contributed by atoms with Crippen LogP contribution in [0.1, 0.15) is 64.3 Å². The van der Waals surface area contributed by atoms with Gasteiger partial charge in [0, 0.05) is 42.6 Å². The average Bonchev–Trinajstić information content (AvgIpc) is 3.15. The van der Waals surface area contributed by atoms with Crippen molar-refractivity contribution < 1.29 is 9.90 Å². The van der Waals surface area contributed by atoms with Crippen LogP contribution >= 0.6 is 0 Å². The molecule has 3 atom stereocenters. The zero-order valence-corrected chi connectivity index (χ0v) is 20.9. The summed E-state index contributed by atoms with van der Waals surface area (Å²) >= 11 is 0. The fraction of sp³-hybridized carbons (Fsp3) is 0.433. The van der Waals surface area contributed by atoms with Crippen molar-refractivity contribution in [2.75, 3.05) is 6.54 Å². The van der Waals surface area contributed by atoms with Crippen molar-refractivity contribution in [3.63, 3.8) is 0 Å². The Hall–Kier alpha value is -2.89. The average molecular weight is 470 g/mol. The van der Waals surface area contributed by atoms with Crippen LogP contribution in [0, 0.1) is 6.92 Å². The molecule has 1 fully saturated rings. The van der Waals surface area contributed by atoms with Gasteiger partial charge in [-0.1, -0.05) is 54.6 Å². The number of aliphatic hydroxyl groups is 1. The normalized spacial score (nSPS) is 26.6. The van der Waals surface area contributed by atoms with Gasteiger partial charge in [-0.05, 0) is 68.0 Å². The molecule has 2 aliphatic carbocycles. The first-order valence-electron chi connectivity index (χ1n) is 12.9. The summed E-state index contributed by atoms with van der Waals surface area (Å²) in [7, 11) is 0. The number of rotatable bonds is 4. The van der Waals surface area contributed by atoms with Gasteiger partial charge in [0.15, 0.2) is 0 Å². The zero-order valence-electron chi connectivity index (χ0n) is 20.9. The van der Waals surface area contributed by atoms with Gasteiger partial charge in [0.1, 0.15) is 5.69 Å². The third-order valence-electron chi connectivity index (χ3n) is 8.99. The number of fused-ring (bicyclic) bond motifs is 2. The van der Waals surface area contributed by atoms with E-state index in [1.54, 1.807) is 0 Å². The number of aromatic nitrogens is 1. The van der Waals surface area contributed by atoms with Crippen LogP contribution in [0.25, 0.3) is 0 Å². The highest BCUT2D eigenvalue weighted by Crippen LogP contribution is 2.55. The van der Waals surface area contributed by atoms with E-state index < -0.39 is 5.60 Å². The number of carbonyl (C=O) groups excluding carboxylic acids is 1. The first kappa shape index (κ1) is 22.6. The van der Waals surface area contributed by atoms with Crippen molar-refractivity contribution >= 4 is 5.91 Å². The van der Waals surface area contributed by atoms with Crippen LogP contribution in [0.4, 0.5) is 0 Å². The highest BCUT2D eigenvalue weighted by molar-refractivity contribution is 5.95. The van der Waals surface area contributed by atoms with Crippen LogP contribution in [0.5, 0.6) is 0 Å². The maximum Gasteiger partial charge on any atom is 0.271 e. The van der Waals surface area contributed by atoms with Crippen molar-refractivity contribution in [1.29, 1.82) is 0 Å². The summed E-state index contributed by atoms with van der Waals surface area (Å²) in [5.74, 6) is 0.0321. The van der Waals surface area contributed by atoms with E-state index in [1.165, 1.54) is 11.1 Å². The molecule has 3 aliphatic rings. The first-order chi connectivity index (χ1) is 16.8. The third kappa shape index (κ3) is 3.25. The van der Waals surface area contributed by atoms with Gasteiger partial charge in [-0.25, -0.2) is 0 Å². The maximum absolute atomic E-state index is 13.9. The summed E-state index contributed by atoms with van der Waals surface area (Å²) in [6, 6.07) is 18.9. The number of aromatic amines is 1. The molecule has 1 aromatic heterocycles. The fourth-order valence-corrected chi connectivity index (χ4v) is 7.09. The highest BCUT2D eigenvalue weighted by Gasteiger charge is 2.63. The molecule has 1 amide bonds. The summed E-state index contributed by atoms with van der Waals surface area (Å²) < 4.78 is 0. The Labute approximate surface area is 207 Å². The molecule has 3 aromatic rings. The van der Waals surface area contributed by atoms with Crippen molar-refractivity contribution in [2.24, 2.45) is 0 Å². The molecule has 3 N–H and O–H groups in total. The molecular weight excluding hydrogens is 434 g/mol. The van der Waals surface area contributed by atoms with Gasteiger partial charge in [-0.15, -0.1) is 0 Å². The summed E-state index contributed by atoms with van der Waals surface area (Å²) in [5, 5.41) is 16.0. The summed E-state index contributed by atoms with van der Waals surface area (Å²) in [6.07, 6.45) is 3.05. The summed E-state index contributed by atoms with van der Waals surface area (Å²) in [6.45, 7) is 7.67. The molecule has 1 saturated heterocycles. The maximum atomic E-state index is 13.9. The lowest BCUT2D eigenvalue weighted by Gasteiger charge is -2.60. The molecule has 5 heteroatoms. The number of hydrogen-bond acceptors (Lipinski definition) is 3. The van der Waals surface area contributed by atoms with Gasteiger partial charge in [0.2, 0.25) is 0 Å². The lowest BCUT2D eigenvalue weighted by atomic mass is 9.50. The van der Waals surface area contributed by atoms with E-state index in [1.807, 2.05) is 30.0 Å². The lowest BCUT2D eigenvalue weighted by molar-refractivity contribution is -0.106. The van der Waals surface area contributed by atoms with Crippen LogP contribution < -0.4 is 5.32 Å². The number of H-pyrrole nitrogens is 1. The minimum absolute atomic E-state index is 0.0259. The molecule has 5 nitrogen and oxygen atoms in total. The number of hydrogen-bond donors (Lipinski definition) is 3. The van der Waals surface area contributed by atoms with Crippen molar-refractivity contribution in [1.82, 2.24) is 15.2 Å². The number of piperidine rings is 1. The molecule has 2 aromatic carbocycles. The quantitative estimate of drug-likeness (QED) is 0.540. The van der Waals surface area contributed by atoms with Crippen molar-refractivity contribution in [3.8, 4) is 0 Å². The summed E-state index contributed by atoms with van der Waals surface area (Å²) in [5.41, 5.74) is 6.48. The SMILES string of the molecule is Cc1c(C(=O)N(Cc2ccccc2)C(C)C)[nH]c2c1C[C@@]1(O)[C@H]3Cc4ccccc4[C@@]1(CCN3)C2. The molecule has 0 saturated carbocycles. The van der Waals surface area contributed by atoms with Gasteiger partial charge in [-0.3, -0.25) is 4.79 Å². The fourth-order valence-electron chi connectivity index (χ4n) is 7.09. The van der Waals surface area contributed by atoms with E-state index in [0.717, 1.165) is 48.2 Å². The number of benzene rings is 2. The van der Waals surface area contributed by atoms with E-state index in [-0.39, 0.29) is 23.4 Å². The van der Waals surface area contributed by atoms with Crippen LogP contribution in [-0.4, -0.2) is 45.1 Å². The third-order valence-corrected chi connectivity index (χ3v) is 8.99. The van der Waals surface area contributed by atoms with E-state index in [4.69, 9.17) is 0 Å². The molecule has 6 rings (SSSR count). The molecule has 0 radical (unpaired) electrons. The van der Waals surface area contributed by atoms with E-state index in [0.29, 0.717) is 18.7 Å². The van der Waals surface area contributed by atoms with Gasteiger partial charge >= 0.3 is 0 Å². The molecule has 2 heterocycles. The first-order valence-corrected chi connectivity index (χ1v) is 12.9. The zero-order chi connectivity index (χ0) is 24.4. The smallest absolute Gasteiger partial charge is 0.271 e. The number of amides is 1. The molecule has 35 heavy (non-hydrogen) atoms. The van der Waals surface area contributed by atoms with Gasteiger partial charge in [0.05, 0.1) is 5.60 Å². The van der Waals surface area contributed by atoms with E-state index in [2.05, 4.69) is 60.5 Å². The highest BCUT2D eigenvalue weighted by atomic mass is 16.3. The Balaban J connectivity index is 1.41. The summed E-state index contributed by atoms with van der Waals surface area (Å²) in [4.78, 5) is 19.4. The van der Waals surface area contributed by atoms with Crippen LogP contribution in [0.3, 0.4) is 0 Å². The Bertz CT molecular complexity index is 1280. The standard InChI is InChI=1S/C30H35N3O2/c1-19(2)33(18-21-9-5-4-6-10-21)28(34)27-20(3)23-16-30(35)26-15-22-11-7-8-12-24(22)29(30,13-14-31-26)17-25(23)32-27/h4-12,19,26,31-32,35H,13-18H2,1-3H3/t26-,29-,30-/m1/s1. The molecular formula is C30H35N3O2. The minimum atomic E-state index is -0.859. The molecule has 1 aliphatic heterocycles. The number of nitrogens with one attached hydrogen (secondary N) is 2. The van der Waals surface area contributed by atoms with E-state index in [9.17, 15) is 9.90 Å². The Morgan fingerprint density at radius 3 is 2.63 bits per heavy atom. The Morgan fingerprint density at radius 1 is 1.11 bits per heavy atom.